The second kappa shape index (κ2) is 3.43. The molecule has 5 nitrogen and oxygen atoms in total. The number of H-pyrrole nitrogens is 1. The van der Waals surface area contributed by atoms with Gasteiger partial charge in [0.2, 0.25) is 0 Å². The first-order valence-electron chi connectivity index (χ1n) is 5.26. The number of aromatic amines is 1. The van der Waals surface area contributed by atoms with Gasteiger partial charge in [-0.15, -0.1) is 0 Å². The summed E-state index contributed by atoms with van der Waals surface area (Å²) < 4.78 is 1.13. The van der Waals surface area contributed by atoms with Crippen LogP contribution in [0.1, 0.15) is 37.0 Å². The number of ketones is 1. The van der Waals surface area contributed by atoms with Crippen molar-refractivity contribution in [3.05, 3.63) is 32.6 Å². The van der Waals surface area contributed by atoms with Gasteiger partial charge in [-0.2, -0.15) is 0 Å². The summed E-state index contributed by atoms with van der Waals surface area (Å²) in [6, 6.07) is 0. The van der Waals surface area contributed by atoms with Crippen LogP contribution in [0.3, 0.4) is 0 Å². The second-order valence-corrected chi connectivity index (χ2v) is 4.77. The summed E-state index contributed by atoms with van der Waals surface area (Å²) in [5, 5.41) is 0. The molecule has 0 bridgehead atoms. The molecule has 0 aliphatic heterocycles. The Morgan fingerprint density at radius 2 is 2.12 bits per heavy atom. The molecule has 86 valence electrons. The molecule has 1 N–H and O–H groups in total. The van der Waals surface area contributed by atoms with Crippen molar-refractivity contribution in [1.82, 2.24) is 9.55 Å². The highest BCUT2D eigenvalue weighted by Gasteiger charge is 2.38. The Bertz CT molecular complexity index is 549. The second-order valence-electron chi connectivity index (χ2n) is 4.77. The number of nitrogens with one attached hydrogen (secondary N) is 1. The summed E-state index contributed by atoms with van der Waals surface area (Å²) in [5.41, 5.74) is -0.831. The fourth-order valence-corrected chi connectivity index (χ4v) is 1.66. The number of carbonyl (C=O) groups excluding carboxylic acids is 1. The molecular weight excluding hydrogens is 208 g/mol. The summed E-state index contributed by atoms with van der Waals surface area (Å²) in [6.45, 7) is 3.74. The molecular formula is C11H14N2O3. The maximum Gasteiger partial charge on any atom is 0.328 e. The molecule has 0 unspecified atom stereocenters. The molecule has 1 fully saturated rings. The standard InChI is InChI=1S/C11H14N2O3/c1-7(14)8-5-12-10(16)13(9(8)15)6-11(2)3-4-11/h5H,3-4,6H2,1-2H3,(H,12,16). The number of nitrogens with zero attached hydrogens (tertiary/aromatic N) is 1. The molecule has 0 radical (unpaired) electrons. The van der Waals surface area contributed by atoms with Gasteiger partial charge in [0.15, 0.2) is 5.78 Å². The van der Waals surface area contributed by atoms with Crippen LogP contribution in [0, 0.1) is 5.41 Å². The van der Waals surface area contributed by atoms with E-state index in [9.17, 15) is 14.4 Å². The van der Waals surface area contributed by atoms with Crippen molar-refractivity contribution in [3.8, 4) is 0 Å². The molecule has 0 atom stereocenters. The van der Waals surface area contributed by atoms with Gasteiger partial charge in [-0.05, 0) is 25.2 Å². The van der Waals surface area contributed by atoms with Crippen molar-refractivity contribution < 1.29 is 4.79 Å². The van der Waals surface area contributed by atoms with Crippen LogP contribution in [0.2, 0.25) is 0 Å². The van der Waals surface area contributed by atoms with Gasteiger partial charge in [-0.1, -0.05) is 6.92 Å². The van der Waals surface area contributed by atoms with Gasteiger partial charge in [-0.25, -0.2) is 4.79 Å². The largest absolute Gasteiger partial charge is 0.328 e. The minimum atomic E-state index is -0.482. The lowest BCUT2D eigenvalue weighted by Crippen LogP contribution is -2.39. The van der Waals surface area contributed by atoms with Gasteiger partial charge in [0.05, 0.1) is 5.56 Å². The van der Waals surface area contributed by atoms with Crippen molar-refractivity contribution in [3.63, 3.8) is 0 Å². The van der Waals surface area contributed by atoms with E-state index in [-0.39, 0.29) is 16.8 Å². The fraction of sp³-hybridized carbons (Fsp3) is 0.545. The Morgan fingerprint density at radius 1 is 1.50 bits per heavy atom. The van der Waals surface area contributed by atoms with Gasteiger partial charge in [0.1, 0.15) is 0 Å². The van der Waals surface area contributed by atoms with Crippen molar-refractivity contribution in [1.29, 1.82) is 0 Å². The molecule has 1 aromatic heterocycles. The summed E-state index contributed by atoms with van der Waals surface area (Å²) in [6.07, 6.45) is 3.23. The third kappa shape index (κ3) is 1.85. The molecule has 2 rings (SSSR count). The van der Waals surface area contributed by atoms with E-state index in [1.54, 1.807) is 0 Å². The average molecular weight is 222 g/mol. The summed E-state index contributed by atoms with van der Waals surface area (Å²) in [5.74, 6) is -0.323. The highest BCUT2D eigenvalue weighted by atomic mass is 16.2. The number of carbonyl (C=O) groups is 1. The monoisotopic (exact) mass is 222 g/mol. The minimum Gasteiger partial charge on any atom is -0.313 e. The van der Waals surface area contributed by atoms with E-state index >= 15 is 0 Å². The molecule has 0 spiro atoms. The molecule has 5 heteroatoms. The van der Waals surface area contributed by atoms with Crippen LogP contribution in [-0.4, -0.2) is 15.3 Å². The zero-order valence-electron chi connectivity index (χ0n) is 9.37. The third-order valence-corrected chi connectivity index (χ3v) is 3.08. The van der Waals surface area contributed by atoms with Crippen molar-refractivity contribution in [2.75, 3.05) is 0 Å². The minimum absolute atomic E-state index is 0.0452. The number of hydrogen-bond acceptors (Lipinski definition) is 3. The van der Waals surface area contributed by atoms with Gasteiger partial charge in [0.25, 0.3) is 5.56 Å². The zero-order valence-corrected chi connectivity index (χ0v) is 9.37. The first-order chi connectivity index (χ1) is 7.43. The maximum absolute atomic E-state index is 11.9. The highest BCUT2D eigenvalue weighted by molar-refractivity contribution is 5.93. The normalized spacial score (nSPS) is 17.1. The Morgan fingerprint density at radius 3 is 2.62 bits per heavy atom. The summed E-state index contributed by atoms with van der Waals surface area (Å²) >= 11 is 0. The molecule has 1 heterocycles. The van der Waals surface area contributed by atoms with Gasteiger partial charge >= 0.3 is 5.69 Å². The smallest absolute Gasteiger partial charge is 0.313 e. The first-order valence-corrected chi connectivity index (χ1v) is 5.26. The Hall–Kier alpha value is -1.65. The molecule has 1 saturated carbocycles. The van der Waals surface area contributed by atoms with E-state index in [1.165, 1.54) is 13.1 Å². The van der Waals surface area contributed by atoms with Crippen LogP contribution in [0.15, 0.2) is 15.8 Å². The third-order valence-electron chi connectivity index (χ3n) is 3.08. The molecule has 1 aromatic rings. The SMILES string of the molecule is CC(=O)c1c[nH]c(=O)n(CC2(C)CC2)c1=O. The summed E-state index contributed by atoms with van der Waals surface area (Å²) in [4.78, 5) is 37.0. The lowest BCUT2D eigenvalue weighted by molar-refractivity contribution is 0.101. The van der Waals surface area contributed by atoms with Crippen molar-refractivity contribution in [2.45, 2.75) is 33.2 Å². The molecule has 16 heavy (non-hydrogen) atoms. The Kier molecular flexibility index (Phi) is 2.33. The molecule has 1 aliphatic rings. The molecule has 1 aliphatic carbocycles. The van der Waals surface area contributed by atoms with Crippen LogP contribution >= 0.6 is 0 Å². The highest BCUT2D eigenvalue weighted by Crippen LogP contribution is 2.45. The van der Waals surface area contributed by atoms with Crippen molar-refractivity contribution in [2.24, 2.45) is 5.41 Å². The van der Waals surface area contributed by atoms with Crippen LogP contribution in [0.5, 0.6) is 0 Å². The van der Waals surface area contributed by atoms with E-state index < -0.39 is 11.2 Å². The number of rotatable bonds is 3. The van der Waals surface area contributed by atoms with Crippen molar-refractivity contribution >= 4 is 5.78 Å². The lowest BCUT2D eigenvalue weighted by Gasteiger charge is -2.10. The number of hydrogen-bond donors (Lipinski definition) is 1. The first kappa shape index (κ1) is 10.9. The molecule has 0 saturated heterocycles. The van der Waals surface area contributed by atoms with Crippen LogP contribution in [0.25, 0.3) is 0 Å². The quantitative estimate of drug-likeness (QED) is 0.759. The zero-order chi connectivity index (χ0) is 11.9. The lowest BCUT2D eigenvalue weighted by atomic mass is 10.1. The Balaban J connectivity index is 2.51. The van der Waals surface area contributed by atoms with E-state index in [0.717, 1.165) is 17.4 Å². The average Bonchev–Trinajstić information content (AvgIpc) is 2.91. The predicted octanol–water partition coefficient (Wildman–Crippen LogP) is 0.539. The van der Waals surface area contributed by atoms with Gasteiger partial charge in [-0.3, -0.25) is 14.2 Å². The maximum atomic E-state index is 11.9. The van der Waals surface area contributed by atoms with E-state index in [1.807, 2.05) is 6.92 Å². The number of Topliss-reactive ketones (excluding diaryl/α,β-unsaturated/α-hetero) is 1. The Labute approximate surface area is 92.1 Å². The summed E-state index contributed by atoms with van der Waals surface area (Å²) in [7, 11) is 0. The predicted molar refractivity (Wildman–Crippen MR) is 58.7 cm³/mol. The van der Waals surface area contributed by atoms with Crippen LogP contribution < -0.4 is 11.2 Å². The topological polar surface area (TPSA) is 71.9 Å². The van der Waals surface area contributed by atoms with Crippen LogP contribution in [0.4, 0.5) is 0 Å². The van der Waals surface area contributed by atoms with Gasteiger partial charge in [0, 0.05) is 12.7 Å². The molecule has 0 amide bonds. The molecule has 0 aromatic carbocycles. The van der Waals surface area contributed by atoms with E-state index in [4.69, 9.17) is 0 Å². The van der Waals surface area contributed by atoms with Gasteiger partial charge < -0.3 is 4.98 Å². The van der Waals surface area contributed by atoms with E-state index in [0.29, 0.717) is 6.54 Å². The van der Waals surface area contributed by atoms with E-state index in [2.05, 4.69) is 4.98 Å². The fourth-order valence-electron chi connectivity index (χ4n) is 1.66. The van der Waals surface area contributed by atoms with Crippen LogP contribution in [-0.2, 0) is 6.54 Å². The number of aromatic nitrogens is 2.